The molecule has 0 atom stereocenters. The van der Waals surface area contributed by atoms with E-state index in [1.54, 1.807) is 4.68 Å². The van der Waals surface area contributed by atoms with Gasteiger partial charge >= 0.3 is 0 Å². The number of aryl methyl sites for hydroxylation is 1. The van der Waals surface area contributed by atoms with Gasteiger partial charge < -0.3 is 5.73 Å². The number of nitrogens with zero attached hydrogens (tertiary/aromatic N) is 3. The van der Waals surface area contributed by atoms with Gasteiger partial charge in [0, 0.05) is 5.39 Å². The number of benzene rings is 1. The summed E-state index contributed by atoms with van der Waals surface area (Å²) in [4.78, 5) is 4.94. The molecule has 0 saturated carbocycles. The Bertz CT molecular complexity index is 869. The van der Waals surface area contributed by atoms with Crippen molar-refractivity contribution >= 4 is 39.7 Å². The molecule has 3 rings (SSSR count). The van der Waals surface area contributed by atoms with Gasteiger partial charge in [-0.05, 0) is 26.0 Å². The van der Waals surface area contributed by atoms with Crippen LogP contribution in [-0.4, -0.2) is 19.8 Å². The van der Waals surface area contributed by atoms with Crippen molar-refractivity contribution in [2.45, 2.75) is 13.8 Å². The van der Waals surface area contributed by atoms with Gasteiger partial charge in [0.15, 0.2) is 5.82 Å². The van der Waals surface area contributed by atoms with Gasteiger partial charge in [-0.3, -0.25) is 0 Å². The van der Waals surface area contributed by atoms with E-state index in [4.69, 9.17) is 29.6 Å². The fourth-order valence-corrected chi connectivity index (χ4v) is 2.55. The molecule has 2 N–H and O–H groups in total. The molecule has 106 valence electrons. The summed E-state index contributed by atoms with van der Waals surface area (Å²) in [5, 5.41) is 6.04. The van der Waals surface area contributed by atoms with Crippen molar-refractivity contribution in [2.75, 3.05) is 0 Å². The molecule has 2 aromatic heterocycles. The smallest absolute Gasteiger partial charge is 0.164 e. The highest BCUT2D eigenvalue weighted by Gasteiger charge is 2.17. The van der Waals surface area contributed by atoms with Crippen LogP contribution in [0, 0.1) is 13.8 Å². The average Bonchev–Trinajstić information content (AvgIpc) is 2.73. The maximum Gasteiger partial charge on any atom is 0.164 e. The lowest BCUT2D eigenvalue weighted by Gasteiger charge is -2.11. The number of rotatable bonds is 2. The van der Waals surface area contributed by atoms with Crippen LogP contribution in [0.3, 0.4) is 0 Å². The van der Waals surface area contributed by atoms with E-state index >= 15 is 0 Å². The number of hydrogen-bond donors (Lipinski definition) is 1. The highest BCUT2D eigenvalue weighted by atomic mass is 35.5. The molecule has 2 heterocycles. The van der Waals surface area contributed by atoms with Crippen molar-refractivity contribution in [1.29, 1.82) is 0 Å². The van der Waals surface area contributed by atoms with E-state index in [9.17, 15) is 0 Å². The second-order valence-electron chi connectivity index (χ2n) is 4.81. The van der Waals surface area contributed by atoms with Crippen molar-refractivity contribution in [3.8, 4) is 5.82 Å². The van der Waals surface area contributed by atoms with Crippen LogP contribution in [0.2, 0.25) is 5.02 Å². The van der Waals surface area contributed by atoms with Crippen molar-refractivity contribution in [3.63, 3.8) is 0 Å². The first-order valence-corrected chi connectivity index (χ1v) is 7.19. The van der Waals surface area contributed by atoms with E-state index in [0.29, 0.717) is 16.4 Å². The van der Waals surface area contributed by atoms with Crippen LogP contribution >= 0.6 is 23.8 Å². The van der Waals surface area contributed by atoms with Crippen LogP contribution < -0.4 is 5.73 Å². The topological polar surface area (TPSA) is 56.7 Å². The molecule has 0 aliphatic rings. The lowest BCUT2D eigenvalue weighted by Crippen LogP contribution is -2.16. The van der Waals surface area contributed by atoms with Gasteiger partial charge in [0.1, 0.15) is 4.99 Å². The number of fused-ring (bicyclic) bond motifs is 1. The first-order valence-electron chi connectivity index (χ1n) is 6.40. The van der Waals surface area contributed by atoms with Crippen LogP contribution in [0.4, 0.5) is 0 Å². The lowest BCUT2D eigenvalue weighted by atomic mass is 10.1. The zero-order valence-corrected chi connectivity index (χ0v) is 13.2. The molecule has 0 radical (unpaired) electrons. The van der Waals surface area contributed by atoms with Gasteiger partial charge in [-0.15, -0.1) is 0 Å². The number of para-hydroxylation sites is 1. The molecule has 0 bridgehead atoms. The zero-order chi connectivity index (χ0) is 15.1. The van der Waals surface area contributed by atoms with E-state index < -0.39 is 0 Å². The predicted octanol–water partition coefficient (Wildman–Crippen LogP) is 3.32. The van der Waals surface area contributed by atoms with Gasteiger partial charge in [-0.2, -0.15) is 5.10 Å². The Kier molecular flexibility index (Phi) is 3.39. The van der Waals surface area contributed by atoms with Crippen LogP contribution in [-0.2, 0) is 0 Å². The second-order valence-corrected chi connectivity index (χ2v) is 5.63. The summed E-state index contributed by atoms with van der Waals surface area (Å²) in [6, 6.07) is 9.74. The summed E-state index contributed by atoms with van der Waals surface area (Å²) in [7, 11) is 0. The van der Waals surface area contributed by atoms with Gasteiger partial charge in [0.25, 0.3) is 0 Å². The maximum absolute atomic E-state index is 6.22. The fourth-order valence-electron chi connectivity index (χ4n) is 2.28. The monoisotopic (exact) mass is 316 g/mol. The molecule has 21 heavy (non-hydrogen) atoms. The van der Waals surface area contributed by atoms with Crippen molar-refractivity contribution < 1.29 is 0 Å². The normalized spacial score (nSPS) is 11.0. The zero-order valence-electron chi connectivity index (χ0n) is 11.6. The number of nitrogens with two attached hydrogens (primary N) is 1. The standard InChI is InChI=1S/C15H13ClN4S/c1-8-13(16)9(2)20(19-8)15-11(14(17)21)7-10-5-3-4-6-12(10)18-15/h3-7H,1-2H3,(H2,17,21). The molecule has 0 aliphatic heterocycles. The summed E-state index contributed by atoms with van der Waals surface area (Å²) in [6.07, 6.45) is 0. The van der Waals surface area contributed by atoms with E-state index in [1.807, 2.05) is 44.2 Å². The molecule has 1 aromatic carbocycles. The van der Waals surface area contributed by atoms with Crippen LogP contribution in [0.15, 0.2) is 30.3 Å². The molecule has 0 saturated heterocycles. The molecule has 6 heteroatoms. The molecular weight excluding hydrogens is 304 g/mol. The Morgan fingerprint density at radius 1 is 1.29 bits per heavy atom. The first-order chi connectivity index (χ1) is 9.99. The van der Waals surface area contributed by atoms with Gasteiger partial charge in [0.2, 0.25) is 0 Å². The van der Waals surface area contributed by atoms with E-state index in [0.717, 1.165) is 22.3 Å². The van der Waals surface area contributed by atoms with Crippen LogP contribution in [0.5, 0.6) is 0 Å². The number of hydrogen-bond acceptors (Lipinski definition) is 3. The summed E-state index contributed by atoms with van der Waals surface area (Å²) in [5.41, 5.74) is 8.96. The molecule has 3 aromatic rings. The Morgan fingerprint density at radius 3 is 2.62 bits per heavy atom. The third kappa shape index (κ3) is 2.28. The highest BCUT2D eigenvalue weighted by molar-refractivity contribution is 7.80. The molecule has 4 nitrogen and oxygen atoms in total. The third-order valence-corrected chi connectivity index (χ3v) is 4.14. The predicted molar refractivity (Wildman–Crippen MR) is 89.2 cm³/mol. The molecule has 0 unspecified atom stereocenters. The van der Waals surface area contributed by atoms with Gasteiger partial charge in [-0.25, -0.2) is 9.67 Å². The van der Waals surface area contributed by atoms with Crippen molar-refractivity contribution in [3.05, 3.63) is 52.3 Å². The summed E-state index contributed by atoms with van der Waals surface area (Å²) >= 11 is 11.4. The first kappa shape index (κ1) is 14.0. The Balaban J connectivity index is 2.36. The quantitative estimate of drug-likeness (QED) is 0.737. The largest absolute Gasteiger partial charge is 0.389 e. The number of pyridine rings is 1. The lowest BCUT2D eigenvalue weighted by molar-refractivity contribution is 0.809. The Hall–Kier alpha value is -1.98. The number of thiocarbonyl (C=S) groups is 1. The van der Waals surface area contributed by atoms with Crippen LogP contribution in [0.1, 0.15) is 17.0 Å². The average molecular weight is 317 g/mol. The number of halogens is 1. The van der Waals surface area contributed by atoms with E-state index in [-0.39, 0.29) is 4.99 Å². The SMILES string of the molecule is Cc1nn(-c2nc3ccccc3cc2C(N)=S)c(C)c1Cl. The van der Waals surface area contributed by atoms with Crippen LogP contribution in [0.25, 0.3) is 16.7 Å². The molecular formula is C15H13ClN4S. The molecule has 0 aliphatic carbocycles. The number of aromatic nitrogens is 3. The second kappa shape index (κ2) is 5.09. The molecule has 0 amide bonds. The minimum Gasteiger partial charge on any atom is -0.389 e. The molecule has 0 spiro atoms. The third-order valence-electron chi connectivity index (χ3n) is 3.37. The van der Waals surface area contributed by atoms with Crippen molar-refractivity contribution in [2.24, 2.45) is 5.73 Å². The summed E-state index contributed by atoms with van der Waals surface area (Å²) < 4.78 is 1.69. The van der Waals surface area contributed by atoms with Gasteiger partial charge in [0.05, 0.1) is 27.5 Å². The summed E-state index contributed by atoms with van der Waals surface area (Å²) in [5.74, 6) is 0.605. The fraction of sp³-hybridized carbons (Fsp3) is 0.133. The highest BCUT2D eigenvalue weighted by Crippen LogP contribution is 2.25. The van der Waals surface area contributed by atoms with E-state index in [1.165, 1.54) is 0 Å². The minimum absolute atomic E-state index is 0.284. The minimum atomic E-state index is 0.284. The van der Waals surface area contributed by atoms with Gasteiger partial charge in [-0.1, -0.05) is 42.0 Å². The Morgan fingerprint density at radius 2 is 2.00 bits per heavy atom. The Labute approximate surface area is 132 Å². The molecule has 0 fully saturated rings. The van der Waals surface area contributed by atoms with E-state index in [2.05, 4.69) is 10.1 Å². The maximum atomic E-state index is 6.22. The van der Waals surface area contributed by atoms with Crippen molar-refractivity contribution in [1.82, 2.24) is 14.8 Å². The summed E-state index contributed by atoms with van der Waals surface area (Å²) in [6.45, 7) is 3.75.